The van der Waals surface area contributed by atoms with Crippen LogP contribution < -0.4 is 5.32 Å². The van der Waals surface area contributed by atoms with Gasteiger partial charge in [0.1, 0.15) is 5.15 Å². The number of halogens is 1. The number of hydrogen-bond acceptors (Lipinski definition) is 3. The second-order valence-electron chi connectivity index (χ2n) is 4.03. The number of rotatable bonds is 4. The summed E-state index contributed by atoms with van der Waals surface area (Å²) in [5.74, 6) is 0. The van der Waals surface area contributed by atoms with Crippen LogP contribution in [0.3, 0.4) is 0 Å². The average Bonchev–Trinajstić information content (AvgIpc) is 2.62. The first-order valence-electron chi connectivity index (χ1n) is 5.68. The van der Waals surface area contributed by atoms with Gasteiger partial charge in [-0.3, -0.25) is 4.68 Å². The highest BCUT2D eigenvalue weighted by molar-refractivity contribution is 7.98. The van der Waals surface area contributed by atoms with Crippen molar-refractivity contribution in [1.82, 2.24) is 9.78 Å². The van der Waals surface area contributed by atoms with Gasteiger partial charge in [-0.1, -0.05) is 23.7 Å². The molecule has 0 saturated heterocycles. The Bertz CT molecular complexity index is 551. The van der Waals surface area contributed by atoms with Crippen LogP contribution >= 0.6 is 23.4 Å². The van der Waals surface area contributed by atoms with E-state index < -0.39 is 0 Å². The average molecular weight is 282 g/mol. The highest BCUT2D eigenvalue weighted by atomic mass is 35.5. The fraction of sp³-hybridized carbons (Fsp3) is 0.308. The molecule has 0 atom stereocenters. The molecule has 0 bridgehead atoms. The van der Waals surface area contributed by atoms with E-state index in [2.05, 4.69) is 28.8 Å². The molecule has 0 spiro atoms. The number of hydrogen-bond donors (Lipinski definition) is 1. The van der Waals surface area contributed by atoms with E-state index in [4.69, 9.17) is 11.6 Å². The maximum atomic E-state index is 6.21. The standard InChI is InChI=1S/C13H16ClN3S/c1-9-10(13(14)17(2)16-9)8-15-11-6-4-5-7-12(11)18-3/h4-7,15H,8H2,1-3H3. The Hall–Kier alpha value is -1.13. The van der Waals surface area contributed by atoms with E-state index in [1.165, 1.54) is 4.90 Å². The third kappa shape index (κ3) is 2.65. The maximum Gasteiger partial charge on any atom is 0.131 e. The topological polar surface area (TPSA) is 29.9 Å². The second-order valence-corrected chi connectivity index (χ2v) is 5.24. The van der Waals surface area contributed by atoms with Crippen molar-refractivity contribution in [2.45, 2.75) is 18.4 Å². The van der Waals surface area contributed by atoms with Crippen molar-refractivity contribution in [2.24, 2.45) is 7.05 Å². The first-order valence-corrected chi connectivity index (χ1v) is 7.28. The van der Waals surface area contributed by atoms with Crippen molar-refractivity contribution >= 4 is 29.1 Å². The Morgan fingerprint density at radius 1 is 1.39 bits per heavy atom. The molecular formula is C13H16ClN3S. The minimum Gasteiger partial charge on any atom is -0.380 e. The van der Waals surface area contributed by atoms with Gasteiger partial charge in [0.15, 0.2) is 0 Å². The van der Waals surface area contributed by atoms with Crippen molar-refractivity contribution < 1.29 is 0 Å². The van der Waals surface area contributed by atoms with Crippen LogP contribution in [-0.2, 0) is 13.6 Å². The van der Waals surface area contributed by atoms with Gasteiger partial charge in [-0.2, -0.15) is 5.10 Å². The van der Waals surface area contributed by atoms with Crippen molar-refractivity contribution in [3.63, 3.8) is 0 Å². The zero-order valence-electron chi connectivity index (χ0n) is 10.7. The lowest BCUT2D eigenvalue weighted by atomic mass is 10.2. The third-order valence-corrected chi connectivity index (χ3v) is 4.10. The highest BCUT2D eigenvalue weighted by Gasteiger charge is 2.11. The van der Waals surface area contributed by atoms with Gasteiger partial charge >= 0.3 is 0 Å². The molecule has 0 aliphatic rings. The predicted molar refractivity (Wildman–Crippen MR) is 78.5 cm³/mol. The summed E-state index contributed by atoms with van der Waals surface area (Å²) in [5.41, 5.74) is 3.15. The Morgan fingerprint density at radius 2 is 2.11 bits per heavy atom. The summed E-state index contributed by atoms with van der Waals surface area (Å²) in [7, 11) is 1.86. The monoisotopic (exact) mass is 281 g/mol. The molecule has 1 heterocycles. The van der Waals surface area contributed by atoms with Gasteiger partial charge in [-0.15, -0.1) is 11.8 Å². The molecular weight excluding hydrogens is 266 g/mol. The van der Waals surface area contributed by atoms with Gasteiger partial charge in [-0.25, -0.2) is 0 Å². The summed E-state index contributed by atoms with van der Waals surface area (Å²) >= 11 is 7.94. The molecule has 0 aliphatic carbocycles. The van der Waals surface area contributed by atoms with Crippen molar-refractivity contribution in [3.05, 3.63) is 40.7 Å². The molecule has 2 aromatic rings. The number of para-hydroxylation sites is 1. The zero-order chi connectivity index (χ0) is 13.1. The first-order chi connectivity index (χ1) is 8.63. The van der Waals surface area contributed by atoms with Crippen LogP contribution in [0, 0.1) is 6.92 Å². The first kappa shape index (κ1) is 13.3. The largest absolute Gasteiger partial charge is 0.380 e. The van der Waals surface area contributed by atoms with Gasteiger partial charge in [-0.05, 0) is 25.3 Å². The molecule has 1 aromatic heterocycles. The van der Waals surface area contributed by atoms with Crippen LogP contribution in [0.4, 0.5) is 5.69 Å². The van der Waals surface area contributed by atoms with E-state index in [9.17, 15) is 0 Å². The number of nitrogens with zero attached hydrogens (tertiary/aromatic N) is 2. The maximum absolute atomic E-state index is 6.21. The molecule has 0 saturated carbocycles. The summed E-state index contributed by atoms with van der Waals surface area (Å²) < 4.78 is 1.70. The molecule has 0 amide bonds. The number of aryl methyl sites for hydroxylation is 2. The number of thioether (sulfide) groups is 1. The highest BCUT2D eigenvalue weighted by Crippen LogP contribution is 2.26. The zero-order valence-corrected chi connectivity index (χ0v) is 12.3. The Labute approximate surface area is 117 Å². The van der Waals surface area contributed by atoms with Crippen molar-refractivity contribution in [1.29, 1.82) is 0 Å². The van der Waals surface area contributed by atoms with E-state index in [1.54, 1.807) is 16.4 Å². The van der Waals surface area contributed by atoms with Crippen LogP contribution in [0.25, 0.3) is 0 Å². The van der Waals surface area contributed by atoms with Gasteiger partial charge < -0.3 is 5.32 Å². The number of aromatic nitrogens is 2. The van der Waals surface area contributed by atoms with E-state index in [0.29, 0.717) is 11.7 Å². The molecule has 1 aromatic carbocycles. The smallest absolute Gasteiger partial charge is 0.131 e. The summed E-state index contributed by atoms with van der Waals surface area (Å²) in [6.07, 6.45) is 2.07. The van der Waals surface area contributed by atoms with Crippen molar-refractivity contribution in [2.75, 3.05) is 11.6 Å². The van der Waals surface area contributed by atoms with E-state index in [1.807, 2.05) is 26.1 Å². The van der Waals surface area contributed by atoms with Crippen LogP contribution in [0.1, 0.15) is 11.3 Å². The molecule has 5 heteroatoms. The van der Waals surface area contributed by atoms with Gasteiger partial charge in [0.2, 0.25) is 0 Å². The lowest BCUT2D eigenvalue weighted by Crippen LogP contribution is -2.01. The second kappa shape index (κ2) is 5.67. The Kier molecular flexibility index (Phi) is 4.19. The summed E-state index contributed by atoms with van der Waals surface area (Å²) in [6, 6.07) is 8.25. The lowest BCUT2D eigenvalue weighted by Gasteiger charge is -2.10. The van der Waals surface area contributed by atoms with Gasteiger partial charge in [0.25, 0.3) is 0 Å². The predicted octanol–water partition coefficient (Wildman–Crippen LogP) is 3.72. The molecule has 0 fully saturated rings. The fourth-order valence-corrected chi connectivity index (χ4v) is 2.67. The lowest BCUT2D eigenvalue weighted by molar-refractivity contribution is 0.757. The van der Waals surface area contributed by atoms with Crippen LogP contribution in [0.2, 0.25) is 5.15 Å². The van der Waals surface area contributed by atoms with E-state index in [0.717, 1.165) is 16.9 Å². The molecule has 18 heavy (non-hydrogen) atoms. The number of nitrogens with one attached hydrogen (secondary N) is 1. The number of benzene rings is 1. The molecule has 2 rings (SSSR count). The number of anilines is 1. The van der Waals surface area contributed by atoms with Crippen molar-refractivity contribution in [3.8, 4) is 0 Å². The summed E-state index contributed by atoms with van der Waals surface area (Å²) in [4.78, 5) is 1.23. The third-order valence-electron chi connectivity index (χ3n) is 2.83. The summed E-state index contributed by atoms with van der Waals surface area (Å²) in [5, 5.41) is 8.42. The van der Waals surface area contributed by atoms with E-state index >= 15 is 0 Å². The van der Waals surface area contributed by atoms with Crippen LogP contribution in [-0.4, -0.2) is 16.0 Å². The van der Waals surface area contributed by atoms with Crippen LogP contribution in [0.15, 0.2) is 29.2 Å². The fourth-order valence-electron chi connectivity index (χ4n) is 1.85. The normalized spacial score (nSPS) is 10.7. The van der Waals surface area contributed by atoms with Gasteiger partial charge in [0.05, 0.1) is 5.69 Å². The van der Waals surface area contributed by atoms with Crippen LogP contribution in [0.5, 0.6) is 0 Å². The van der Waals surface area contributed by atoms with E-state index in [-0.39, 0.29) is 0 Å². The quantitative estimate of drug-likeness (QED) is 0.867. The minimum absolute atomic E-state index is 0.691. The Balaban J connectivity index is 2.16. The SMILES string of the molecule is CSc1ccccc1NCc1c(C)nn(C)c1Cl. The molecule has 1 N–H and O–H groups in total. The minimum atomic E-state index is 0.691. The molecule has 96 valence electrons. The molecule has 0 aliphatic heterocycles. The Morgan fingerprint density at radius 3 is 2.72 bits per heavy atom. The molecule has 3 nitrogen and oxygen atoms in total. The molecule has 0 radical (unpaired) electrons. The van der Waals surface area contributed by atoms with Gasteiger partial charge in [0, 0.05) is 29.7 Å². The molecule has 0 unspecified atom stereocenters. The summed E-state index contributed by atoms with van der Waals surface area (Å²) in [6.45, 7) is 2.67.